The Hall–Kier alpha value is -3.30. The first kappa shape index (κ1) is 13.7. The number of aromatic nitrogens is 5. The Morgan fingerprint density at radius 1 is 1.23 bits per heavy atom. The summed E-state index contributed by atoms with van der Waals surface area (Å²) in [7, 11) is 1.54. The average Bonchev–Trinajstić information content (AvgIpc) is 2.96. The number of aryl methyl sites for hydroxylation is 1. The quantitative estimate of drug-likeness (QED) is 0.526. The van der Waals surface area contributed by atoms with Gasteiger partial charge in [0, 0.05) is 0 Å². The zero-order chi connectivity index (χ0) is 15.7. The Labute approximate surface area is 123 Å². The SMILES string of the molecule is COc1ccc(Oc2nc3nnnn3c(C)c2[N+](=O)[O-])cc1. The maximum absolute atomic E-state index is 11.3. The Bertz CT molecular complexity index is 845. The monoisotopic (exact) mass is 302 g/mol. The van der Waals surface area contributed by atoms with E-state index in [4.69, 9.17) is 9.47 Å². The second-order valence-electron chi connectivity index (χ2n) is 4.28. The number of nitrogens with zero attached hydrogens (tertiary/aromatic N) is 6. The second-order valence-corrected chi connectivity index (χ2v) is 4.28. The van der Waals surface area contributed by atoms with Crippen molar-refractivity contribution in [3.05, 3.63) is 40.1 Å². The van der Waals surface area contributed by atoms with Crippen LogP contribution in [0.25, 0.3) is 5.78 Å². The predicted molar refractivity (Wildman–Crippen MR) is 73.0 cm³/mol. The Morgan fingerprint density at radius 2 is 1.91 bits per heavy atom. The third-order valence-electron chi connectivity index (χ3n) is 2.97. The van der Waals surface area contributed by atoms with E-state index < -0.39 is 4.92 Å². The fourth-order valence-electron chi connectivity index (χ4n) is 1.90. The summed E-state index contributed by atoms with van der Waals surface area (Å²) in [4.78, 5) is 14.7. The Kier molecular flexibility index (Phi) is 3.26. The largest absolute Gasteiger partial charge is 0.497 e. The lowest BCUT2D eigenvalue weighted by molar-refractivity contribution is -0.387. The van der Waals surface area contributed by atoms with Crippen molar-refractivity contribution in [3.8, 4) is 17.4 Å². The van der Waals surface area contributed by atoms with E-state index in [1.165, 1.54) is 18.5 Å². The highest BCUT2D eigenvalue weighted by Gasteiger charge is 2.26. The van der Waals surface area contributed by atoms with Crippen LogP contribution >= 0.6 is 0 Å². The summed E-state index contributed by atoms with van der Waals surface area (Å²) in [5.41, 5.74) is -0.0703. The molecule has 0 amide bonds. The fraction of sp³-hybridized carbons (Fsp3) is 0.167. The molecular formula is C12H10N6O4. The van der Waals surface area contributed by atoms with E-state index in [-0.39, 0.29) is 23.0 Å². The molecule has 0 N–H and O–H groups in total. The first-order chi connectivity index (χ1) is 10.6. The highest BCUT2D eigenvalue weighted by atomic mass is 16.6. The van der Waals surface area contributed by atoms with E-state index in [0.29, 0.717) is 11.5 Å². The number of fused-ring (bicyclic) bond motifs is 1. The van der Waals surface area contributed by atoms with E-state index in [9.17, 15) is 10.1 Å². The van der Waals surface area contributed by atoms with Gasteiger partial charge in [0.05, 0.1) is 12.0 Å². The molecule has 0 aliphatic carbocycles. The third kappa shape index (κ3) is 2.26. The highest BCUT2D eigenvalue weighted by molar-refractivity contribution is 5.51. The van der Waals surface area contributed by atoms with E-state index in [2.05, 4.69) is 20.5 Å². The zero-order valence-electron chi connectivity index (χ0n) is 11.6. The van der Waals surface area contributed by atoms with Crippen molar-refractivity contribution in [1.29, 1.82) is 0 Å². The molecule has 3 rings (SSSR count). The molecule has 0 saturated heterocycles. The first-order valence-corrected chi connectivity index (χ1v) is 6.15. The van der Waals surface area contributed by atoms with Gasteiger partial charge in [-0.05, 0) is 41.6 Å². The maximum Gasteiger partial charge on any atom is 0.352 e. The topological polar surface area (TPSA) is 118 Å². The van der Waals surface area contributed by atoms with E-state index in [0.717, 1.165) is 0 Å². The molecule has 0 bridgehead atoms. The van der Waals surface area contributed by atoms with Crippen molar-refractivity contribution in [2.24, 2.45) is 0 Å². The average molecular weight is 302 g/mol. The number of rotatable bonds is 4. The standard InChI is InChI=1S/C12H10N6O4/c1-7-10(18(19)20)11(13-12-14-15-16-17(7)12)22-9-5-3-8(21-2)4-6-9/h3-6H,1-2H3. The van der Waals surface area contributed by atoms with Crippen LogP contribution in [0.15, 0.2) is 24.3 Å². The number of methoxy groups -OCH3 is 1. The van der Waals surface area contributed by atoms with Crippen molar-refractivity contribution in [1.82, 2.24) is 25.0 Å². The summed E-state index contributed by atoms with van der Waals surface area (Å²) in [5.74, 6) is 0.970. The molecular weight excluding hydrogens is 292 g/mol. The van der Waals surface area contributed by atoms with E-state index in [1.54, 1.807) is 24.3 Å². The molecule has 2 aromatic heterocycles. The maximum atomic E-state index is 11.3. The normalized spacial score (nSPS) is 10.6. The molecule has 22 heavy (non-hydrogen) atoms. The van der Waals surface area contributed by atoms with Crippen LogP contribution in [0.5, 0.6) is 17.4 Å². The third-order valence-corrected chi connectivity index (χ3v) is 2.97. The minimum atomic E-state index is -0.581. The summed E-state index contributed by atoms with van der Waals surface area (Å²) < 4.78 is 11.7. The van der Waals surface area contributed by atoms with Crippen LogP contribution in [0.3, 0.4) is 0 Å². The second kappa shape index (κ2) is 5.24. The Morgan fingerprint density at radius 3 is 2.55 bits per heavy atom. The van der Waals surface area contributed by atoms with Gasteiger partial charge in [-0.3, -0.25) is 10.1 Å². The molecule has 1 aromatic carbocycles. The molecule has 0 fully saturated rings. The van der Waals surface area contributed by atoms with Crippen LogP contribution in [0.1, 0.15) is 5.69 Å². The fourth-order valence-corrected chi connectivity index (χ4v) is 1.90. The molecule has 10 heteroatoms. The summed E-state index contributed by atoms with van der Waals surface area (Å²) in [6, 6.07) is 6.58. The number of hydrogen-bond acceptors (Lipinski definition) is 8. The molecule has 112 valence electrons. The molecule has 0 saturated carbocycles. The minimum Gasteiger partial charge on any atom is -0.497 e. The van der Waals surface area contributed by atoms with Crippen molar-refractivity contribution in [2.45, 2.75) is 6.92 Å². The van der Waals surface area contributed by atoms with Crippen LogP contribution in [-0.2, 0) is 0 Å². The smallest absolute Gasteiger partial charge is 0.352 e. The molecule has 2 heterocycles. The van der Waals surface area contributed by atoms with Gasteiger partial charge in [0.2, 0.25) is 0 Å². The number of benzene rings is 1. The van der Waals surface area contributed by atoms with Gasteiger partial charge < -0.3 is 9.47 Å². The van der Waals surface area contributed by atoms with Crippen molar-refractivity contribution in [3.63, 3.8) is 0 Å². The van der Waals surface area contributed by atoms with Crippen LogP contribution in [0.2, 0.25) is 0 Å². The van der Waals surface area contributed by atoms with E-state index >= 15 is 0 Å². The van der Waals surface area contributed by atoms with Gasteiger partial charge in [0.15, 0.2) is 0 Å². The lowest BCUT2D eigenvalue weighted by Crippen LogP contribution is -2.05. The molecule has 0 unspecified atom stereocenters. The summed E-state index contributed by atoms with van der Waals surface area (Å²) >= 11 is 0. The molecule has 10 nitrogen and oxygen atoms in total. The predicted octanol–water partition coefficient (Wildman–Crippen LogP) is 1.54. The molecule has 3 aromatic rings. The van der Waals surface area contributed by atoms with Crippen LogP contribution < -0.4 is 9.47 Å². The van der Waals surface area contributed by atoms with Crippen molar-refractivity contribution < 1.29 is 14.4 Å². The van der Waals surface area contributed by atoms with Gasteiger partial charge in [0.1, 0.15) is 17.2 Å². The van der Waals surface area contributed by atoms with Gasteiger partial charge in [-0.25, -0.2) is 0 Å². The minimum absolute atomic E-state index is 0.117. The van der Waals surface area contributed by atoms with Crippen LogP contribution in [0.4, 0.5) is 5.69 Å². The number of tetrazole rings is 1. The van der Waals surface area contributed by atoms with E-state index in [1.807, 2.05) is 0 Å². The molecule has 0 atom stereocenters. The van der Waals surface area contributed by atoms with Crippen molar-refractivity contribution >= 4 is 11.5 Å². The summed E-state index contributed by atoms with van der Waals surface area (Å²) in [5, 5.41) is 22.0. The molecule has 0 aliphatic heterocycles. The summed E-state index contributed by atoms with van der Waals surface area (Å²) in [6.07, 6.45) is 0. The van der Waals surface area contributed by atoms with Gasteiger partial charge >= 0.3 is 11.6 Å². The first-order valence-electron chi connectivity index (χ1n) is 6.15. The summed E-state index contributed by atoms with van der Waals surface area (Å²) in [6.45, 7) is 1.52. The van der Waals surface area contributed by atoms with Crippen LogP contribution in [-0.4, -0.2) is 37.1 Å². The van der Waals surface area contributed by atoms with Crippen molar-refractivity contribution in [2.75, 3.05) is 7.11 Å². The Balaban J connectivity index is 2.08. The van der Waals surface area contributed by atoms with Gasteiger partial charge in [-0.1, -0.05) is 5.10 Å². The molecule has 0 spiro atoms. The van der Waals surface area contributed by atoms with Crippen LogP contribution in [0, 0.1) is 17.0 Å². The highest BCUT2D eigenvalue weighted by Crippen LogP contribution is 2.32. The number of hydrogen-bond donors (Lipinski definition) is 0. The van der Waals surface area contributed by atoms with Gasteiger partial charge in [-0.2, -0.15) is 9.50 Å². The lowest BCUT2D eigenvalue weighted by atomic mass is 10.3. The number of ether oxygens (including phenoxy) is 2. The van der Waals surface area contributed by atoms with Gasteiger partial charge in [0.25, 0.3) is 5.78 Å². The molecule has 0 aliphatic rings. The zero-order valence-corrected chi connectivity index (χ0v) is 11.6. The van der Waals surface area contributed by atoms with Gasteiger partial charge in [-0.15, -0.1) is 0 Å². The number of nitro groups is 1. The lowest BCUT2D eigenvalue weighted by Gasteiger charge is -2.07. The molecule has 0 radical (unpaired) electrons.